The summed E-state index contributed by atoms with van der Waals surface area (Å²) in [7, 11) is 0. The van der Waals surface area contributed by atoms with Gasteiger partial charge in [0.15, 0.2) is 0 Å². The maximum Gasteiger partial charge on any atom is 0.325 e. The Kier molecular flexibility index (Phi) is 4.68. The predicted octanol–water partition coefficient (Wildman–Crippen LogP) is 1.70. The molecule has 0 heterocycles. The summed E-state index contributed by atoms with van der Waals surface area (Å²) in [5.41, 5.74) is 7.03. The van der Waals surface area contributed by atoms with Gasteiger partial charge in [-0.2, -0.15) is 0 Å². The first kappa shape index (κ1) is 14.7. The minimum atomic E-state index is -0.974. The number of carbonyl (C=O) groups excluding carboxylic acids is 1. The molecule has 5 heteroatoms. The van der Waals surface area contributed by atoms with E-state index in [-0.39, 0.29) is 6.54 Å². The van der Waals surface area contributed by atoms with Crippen LogP contribution < -0.4 is 11.1 Å². The van der Waals surface area contributed by atoms with Gasteiger partial charge >= 0.3 is 5.97 Å². The number of primary amides is 1. The van der Waals surface area contributed by atoms with Crippen molar-refractivity contribution in [2.75, 3.05) is 0 Å². The number of hydrogen-bond acceptors (Lipinski definition) is 3. The number of rotatable bonds is 6. The van der Waals surface area contributed by atoms with Crippen LogP contribution in [0.5, 0.6) is 0 Å². The Hall–Kier alpha value is -2.66. The largest absolute Gasteiger partial charge is 0.480 e. The standard InChI is InChI=1S/C16H16N2O3/c17-15(19)13-9-5-4-8-12(13)10-18-14(16(20)21)11-6-2-1-3-7-11/h1-9,14,18H,10H2,(H2,17,19)(H,20,21). The zero-order valence-electron chi connectivity index (χ0n) is 11.3. The van der Waals surface area contributed by atoms with Gasteiger partial charge in [-0.1, -0.05) is 48.5 Å². The molecule has 0 saturated heterocycles. The first-order valence-electron chi connectivity index (χ1n) is 6.48. The van der Waals surface area contributed by atoms with Gasteiger partial charge in [0.25, 0.3) is 0 Å². The van der Waals surface area contributed by atoms with Crippen molar-refractivity contribution in [3.05, 3.63) is 71.3 Å². The highest BCUT2D eigenvalue weighted by Crippen LogP contribution is 2.15. The molecule has 4 N–H and O–H groups in total. The predicted molar refractivity (Wildman–Crippen MR) is 78.6 cm³/mol. The van der Waals surface area contributed by atoms with Crippen molar-refractivity contribution in [3.8, 4) is 0 Å². The first-order valence-corrected chi connectivity index (χ1v) is 6.48. The number of carboxylic acids is 1. The van der Waals surface area contributed by atoms with E-state index in [2.05, 4.69) is 5.32 Å². The number of benzene rings is 2. The number of nitrogens with one attached hydrogen (secondary N) is 1. The molecule has 5 nitrogen and oxygen atoms in total. The Bertz CT molecular complexity index is 641. The highest BCUT2D eigenvalue weighted by atomic mass is 16.4. The van der Waals surface area contributed by atoms with E-state index in [9.17, 15) is 14.7 Å². The summed E-state index contributed by atoms with van der Waals surface area (Å²) in [5, 5.41) is 12.3. The quantitative estimate of drug-likeness (QED) is 0.752. The molecule has 2 aromatic rings. The maximum absolute atomic E-state index is 11.4. The van der Waals surface area contributed by atoms with E-state index in [1.807, 2.05) is 6.07 Å². The molecule has 1 unspecified atom stereocenters. The lowest BCUT2D eigenvalue weighted by Gasteiger charge is -2.16. The summed E-state index contributed by atoms with van der Waals surface area (Å²) in [6, 6.07) is 14.9. The van der Waals surface area contributed by atoms with Gasteiger partial charge in [0.2, 0.25) is 5.91 Å². The second-order valence-electron chi connectivity index (χ2n) is 4.58. The SMILES string of the molecule is NC(=O)c1ccccc1CNC(C(=O)O)c1ccccc1. The van der Waals surface area contributed by atoms with Gasteiger partial charge in [-0.25, -0.2) is 0 Å². The minimum Gasteiger partial charge on any atom is -0.480 e. The summed E-state index contributed by atoms with van der Waals surface area (Å²) in [6.45, 7) is 0.241. The lowest BCUT2D eigenvalue weighted by Crippen LogP contribution is -2.29. The molecule has 0 aliphatic carbocycles. The van der Waals surface area contributed by atoms with Crippen molar-refractivity contribution in [2.24, 2.45) is 5.73 Å². The summed E-state index contributed by atoms with van der Waals surface area (Å²) >= 11 is 0. The third kappa shape index (κ3) is 3.67. The molecule has 0 bridgehead atoms. The number of carbonyl (C=O) groups is 2. The number of carboxylic acid groups (broad SMARTS) is 1. The van der Waals surface area contributed by atoms with Crippen LogP contribution >= 0.6 is 0 Å². The van der Waals surface area contributed by atoms with Gasteiger partial charge in [-0.05, 0) is 17.2 Å². The number of amides is 1. The zero-order chi connectivity index (χ0) is 15.2. The summed E-state index contributed by atoms with van der Waals surface area (Å²) in [4.78, 5) is 22.7. The Morgan fingerprint density at radius 2 is 1.67 bits per heavy atom. The van der Waals surface area contributed by atoms with Gasteiger partial charge in [0.05, 0.1) is 0 Å². The van der Waals surface area contributed by atoms with Crippen LogP contribution in [-0.2, 0) is 11.3 Å². The number of aliphatic carboxylic acids is 1. The third-order valence-electron chi connectivity index (χ3n) is 3.16. The van der Waals surface area contributed by atoms with Crippen molar-refractivity contribution in [3.63, 3.8) is 0 Å². The minimum absolute atomic E-state index is 0.241. The fraction of sp³-hybridized carbons (Fsp3) is 0.125. The lowest BCUT2D eigenvalue weighted by molar-refractivity contribution is -0.139. The molecule has 0 radical (unpaired) electrons. The molecule has 0 aliphatic heterocycles. The molecule has 0 aromatic heterocycles. The van der Waals surface area contributed by atoms with Crippen molar-refractivity contribution in [2.45, 2.75) is 12.6 Å². The average Bonchev–Trinajstić information content (AvgIpc) is 2.48. The summed E-state index contributed by atoms with van der Waals surface area (Å²) in [6.07, 6.45) is 0. The molecule has 0 aliphatic rings. The van der Waals surface area contributed by atoms with Crippen LogP contribution in [0.2, 0.25) is 0 Å². The summed E-state index contributed by atoms with van der Waals surface area (Å²) < 4.78 is 0. The molecule has 0 saturated carbocycles. The van der Waals surface area contributed by atoms with Crippen LogP contribution in [0.4, 0.5) is 0 Å². The molecular weight excluding hydrogens is 268 g/mol. The van der Waals surface area contributed by atoms with Crippen molar-refractivity contribution in [1.29, 1.82) is 0 Å². The molecule has 21 heavy (non-hydrogen) atoms. The second kappa shape index (κ2) is 6.67. The monoisotopic (exact) mass is 284 g/mol. The fourth-order valence-corrected chi connectivity index (χ4v) is 2.12. The van der Waals surface area contributed by atoms with Crippen molar-refractivity contribution < 1.29 is 14.7 Å². The van der Waals surface area contributed by atoms with Crippen molar-refractivity contribution in [1.82, 2.24) is 5.32 Å². The van der Waals surface area contributed by atoms with Crippen LogP contribution in [0.1, 0.15) is 27.5 Å². The molecule has 108 valence electrons. The Balaban J connectivity index is 2.17. The Morgan fingerprint density at radius 1 is 1.05 bits per heavy atom. The lowest BCUT2D eigenvalue weighted by atomic mass is 10.0. The highest BCUT2D eigenvalue weighted by Gasteiger charge is 2.19. The van der Waals surface area contributed by atoms with E-state index in [0.717, 1.165) is 0 Å². The molecule has 1 atom stereocenters. The van der Waals surface area contributed by atoms with Gasteiger partial charge in [0, 0.05) is 12.1 Å². The topological polar surface area (TPSA) is 92.4 Å². The highest BCUT2D eigenvalue weighted by molar-refractivity contribution is 5.94. The number of nitrogens with two attached hydrogens (primary N) is 1. The van der Waals surface area contributed by atoms with Gasteiger partial charge in [-0.15, -0.1) is 0 Å². The van der Waals surface area contributed by atoms with E-state index < -0.39 is 17.9 Å². The van der Waals surface area contributed by atoms with E-state index in [0.29, 0.717) is 16.7 Å². The second-order valence-corrected chi connectivity index (χ2v) is 4.58. The van der Waals surface area contributed by atoms with Gasteiger partial charge in [0.1, 0.15) is 6.04 Å². The summed E-state index contributed by atoms with van der Waals surface area (Å²) in [5.74, 6) is -1.50. The molecule has 2 rings (SSSR count). The number of hydrogen-bond donors (Lipinski definition) is 3. The fourth-order valence-electron chi connectivity index (χ4n) is 2.12. The van der Waals surface area contributed by atoms with Gasteiger partial charge in [-0.3, -0.25) is 14.9 Å². The Morgan fingerprint density at radius 3 is 2.29 bits per heavy atom. The average molecular weight is 284 g/mol. The third-order valence-corrected chi connectivity index (χ3v) is 3.16. The molecule has 2 aromatic carbocycles. The molecule has 0 spiro atoms. The maximum atomic E-state index is 11.4. The molecular formula is C16H16N2O3. The van der Waals surface area contributed by atoms with Crippen LogP contribution in [0.3, 0.4) is 0 Å². The molecule has 0 fully saturated rings. The van der Waals surface area contributed by atoms with Crippen LogP contribution in [-0.4, -0.2) is 17.0 Å². The van der Waals surface area contributed by atoms with Gasteiger partial charge < -0.3 is 10.8 Å². The van der Waals surface area contributed by atoms with E-state index in [1.54, 1.807) is 48.5 Å². The van der Waals surface area contributed by atoms with Crippen LogP contribution in [0.25, 0.3) is 0 Å². The van der Waals surface area contributed by atoms with Crippen LogP contribution in [0.15, 0.2) is 54.6 Å². The smallest absolute Gasteiger partial charge is 0.325 e. The zero-order valence-corrected chi connectivity index (χ0v) is 11.3. The van der Waals surface area contributed by atoms with Crippen molar-refractivity contribution >= 4 is 11.9 Å². The Labute approximate surface area is 122 Å². The van der Waals surface area contributed by atoms with Crippen LogP contribution in [0, 0.1) is 0 Å². The molecule has 1 amide bonds. The van der Waals surface area contributed by atoms with E-state index >= 15 is 0 Å². The van der Waals surface area contributed by atoms with E-state index in [1.165, 1.54) is 0 Å². The first-order chi connectivity index (χ1) is 10.1. The normalized spacial score (nSPS) is 11.8. The van der Waals surface area contributed by atoms with E-state index in [4.69, 9.17) is 5.73 Å².